The highest BCUT2D eigenvalue weighted by Gasteiger charge is 2.08. The number of rotatable bonds is 2. The van der Waals surface area contributed by atoms with Gasteiger partial charge in [0.25, 0.3) is 0 Å². The Morgan fingerprint density at radius 2 is 1.82 bits per heavy atom. The SMILES string of the molecule is Cc1ccc(C(=O)Oc2cccc(F)c2)cc1. The van der Waals surface area contributed by atoms with Crippen LogP contribution in [0.15, 0.2) is 48.5 Å². The highest BCUT2D eigenvalue weighted by atomic mass is 19.1. The molecule has 17 heavy (non-hydrogen) atoms. The number of halogens is 1. The molecule has 86 valence electrons. The van der Waals surface area contributed by atoms with Gasteiger partial charge in [0, 0.05) is 6.07 Å². The monoisotopic (exact) mass is 230 g/mol. The summed E-state index contributed by atoms with van der Waals surface area (Å²) in [6.07, 6.45) is 0. The molecular formula is C14H11FO2. The van der Waals surface area contributed by atoms with E-state index in [4.69, 9.17) is 4.74 Å². The van der Waals surface area contributed by atoms with Crippen LogP contribution < -0.4 is 4.74 Å². The Hall–Kier alpha value is -2.16. The number of aryl methyl sites for hydroxylation is 1. The zero-order valence-corrected chi connectivity index (χ0v) is 9.31. The first-order chi connectivity index (χ1) is 8.15. The van der Waals surface area contributed by atoms with Gasteiger partial charge < -0.3 is 4.74 Å². The van der Waals surface area contributed by atoms with Crippen molar-refractivity contribution in [1.82, 2.24) is 0 Å². The molecule has 0 aliphatic carbocycles. The van der Waals surface area contributed by atoms with Crippen LogP contribution in [-0.4, -0.2) is 5.97 Å². The van der Waals surface area contributed by atoms with E-state index in [1.165, 1.54) is 24.3 Å². The molecule has 3 heteroatoms. The quantitative estimate of drug-likeness (QED) is 0.584. The maximum Gasteiger partial charge on any atom is 0.343 e. The predicted octanol–water partition coefficient (Wildman–Crippen LogP) is 3.35. The number of hydrogen-bond acceptors (Lipinski definition) is 2. The van der Waals surface area contributed by atoms with Gasteiger partial charge in [0.2, 0.25) is 0 Å². The van der Waals surface area contributed by atoms with Crippen LogP contribution in [-0.2, 0) is 0 Å². The molecule has 0 amide bonds. The van der Waals surface area contributed by atoms with Crippen molar-refractivity contribution in [3.8, 4) is 5.75 Å². The van der Waals surface area contributed by atoms with Crippen LogP contribution in [0.4, 0.5) is 4.39 Å². The van der Waals surface area contributed by atoms with E-state index in [1.807, 2.05) is 19.1 Å². The molecule has 0 bridgehead atoms. The van der Waals surface area contributed by atoms with Gasteiger partial charge in [0.15, 0.2) is 0 Å². The third kappa shape index (κ3) is 2.91. The highest BCUT2D eigenvalue weighted by molar-refractivity contribution is 5.91. The molecule has 0 fully saturated rings. The Kier molecular flexibility index (Phi) is 3.19. The molecular weight excluding hydrogens is 219 g/mol. The van der Waals surface area contributed by atoms with Crippen LogP contribution >= 0.6 is 0 Å². The zero-order valence-electron chi connectivity index (χ0n) is 9.31. The van der Waals surface area contributed by atoms with E-state index in [9.17, 15) is 9.18 Å². The molecule has 2 nitrogen and oxygen atoms in total. The summed E-state index contributed by atoms with van der Waals surface area (Å²) in [4.78, 5) is 11.7. The zero-order chi connectivity index (χ0) is 12.3. The Morgan fingerprint density at radius 3 is 2.47 bits per heavy atom. The largest absolute Gasteiger partial charge is 0.423 e. The van der Waals surface area contributed by atoms with Crippen molar-refractivity contribution in [3.63, 3.8) is 0 Å². The van der Waals surface area contributed by atoms with Crippen LogP contribution in [0.25, 0.3) is 0 Å². The van der Waals surface area contributed by atoms with Crippen LogP contribution in [0.5, 0.6) is 5.75 Å². The van der Waals surface area contributed by atoms with E-state index >= 15 is 0 Å². The molecule has 2 rings (SSSR count). The minimum Gasteiger partial charge on any atom is -0.423 e. The first-order valence-corrected chi connectivity index (χ1v) is 5.19. The number of carbonyl (C=O) groups excluding carboxylic acids is 1. The van der Waals surface area contributed by atoms with Gasteiger partial charge in [-0.15, -0.1) is 0 Å². The molecule has 2 aromatic rings. The third-order valence-electron chi connectivity index (χ3n) is 2.29. The fourth-order valence-electron chi connectivity index (χ4n) is 1.39. The molecule has 0 aliphatic rings. The second-order valence-corrected chi connectivity index (χ2v) is 3.71. The van der Waals surface area contributed by atoms with Crippen molar-refractivity contribution in [1.29, 1.82) is 0 Å². The van der Waals surface area contributed by atoms with Crippen molar-refractivity contribution >= 4 is 5.97 Å². The average Bonchev–Trinajstić information content (AvgIpc) is 2.29. The van der Waals surface area contributed by atoms with Gasteiger partial charge in [-0.3, -0.25) is 0 Å². The molecule has 0 heterocycles. The molecule has 0 unspecified atom stereocenters. The van der Waals surface area contributed by atoms with E-state index in [0.29, 0.717) is 5.56 Å². The molecule has 0 radical (unpaired) electrons. The molecule has 0 saturated carbocycles. The summed E-state index contributed by atoms with van der Waals surface area (Å²) in [5.74, 6) is -0.717. The lowest BCUT2D eigenvalue weighted by Crippen LogP contribution is -2.08. The van der Waals surface area contributed by atoms with Crippen molar-refractivity contribution in [2.75, 3.05) is 0 Å². The van der Waals surface area contributed by atoms with Gasteiger partial charge in [-0.2, -0.15) is 0 Å². The number of ether oxygens (including phenoxy) is 1. The van der Waals surface area contributed by atoms with E-state index < -0.39 is 11.8 Å². The number of esters is 1. The lowest BCUT2D eigenvalue weighted by atomic mass is 10.1. The van der Waals surface area contributed by atoms with Crippen molar-refractivity contribution < 1.29 is 13.9 Å². The molecule has 0 aromatic heterocycles. The minimum absolute atomic E-state index is 0.204. The van der Waals surface area contributed by atoms with Gasteiger partial charge >= 0.3 is 5.97 Å². The fourth-order valence-corrected chi connectivity index (χ4v) is 1.39. The minimum atomic E-state index is -0.490. The van der Waals surface area contributed by atoms with Gasteiger partial charge in [0.1, 0.15) is 11.6 Å². The third-order valence-corrected chi connectivity index (χ3v) is 2.29. The van der Waals surface area contributed by atoms with E-state index in [-0.39, 0.29) is 5.75 Å². The van der Waals surface area contributed by atoms with Crippen molar-refractivity contribution in [3.05, 3.63) is 65.5 Å². The molecule has 0 atom stereocenters. The first-order valence-electron chi connectivity index (χ1n) is 5.19. The number of carbonyl (C=O) groups is 1. The topological polar surface area (TPSA) is 26.3 Å². The molecule has 0 aliphatic heterocycles. The van der Waals surface area contributed by atoms with Gasteiger partial charge in [-0.25, -0.2) is 9.18 Å². The van der Waals surface area contributed by atoms with Crippen LogP contribution in [0.2, 0.25) is 0 Å². The van der Waals surface area contributed by atoms with Gasteiger partial charge in [-0.1, -0.05) is 23.8 Å². The standard InChI is InChI=1S/C14H11FO2/c1-10-5-7-11(8-6-10)14(16)17-13-4-2-3-12(15)9-13/h2-9H,1H3. The summed E-state index contributed by atoms with van der Waals surface area (Å²) in [5.41, 5.74) is 1.51. The lowest BCUT2D eigenvalue weighted by Gasteiger charge is -2.04. The fraction of sp³-hybridized carbons (Fsp3) is 0.0714. The van der Waals surface area contributed by atoms with E-state index in [0.717, 1.165) is 5.56 Å². The molecule has 0 spiro atoms. The molecule has 0 N–H and O–H groups in total. The first kappa shape index (κ1) is 11.3. The summed E-state index contributed by atoms with van der Waals surface area (Å²) in [7, 11) is 0. The Labute approximate surface area is 98.7 Å². The summed E-state index contributed by atoms with van der Waals surface area (Å²) < 4.78 is 17.9. The number of benzene rings is 2. The molecule has 2 aromatic carbocycles. The highest BCUT2D eigenvalue weighted by Crippen LogP contribution is 2.14. The second kappa shape index (κ2) is 4.78. The Balaban J connectivity index is 2.14. The second-order valence-electron chi connectivity index (χ2n) is 3.71. The predicted molar refractivity (Wildman–Crippen MR) is 62.5 cm³/mol. The smallest absolute Gasteiger partial charge is 0.343 e. The van der Waals surface area contributed by atoms with Crippen LogP contribution in [0.3, 0.4) is 0 Å². The normalized spacial score (nSPS) is 10.0. The van der Waals surface area contributed by atoms with Crippen LogP contribution in [0.1, 0.15) is 15.9 Å². The summed E-state index contributed by atoms with van der Waals surface area (Å²) in [6.45, 7) is 1.93. The summed E-state index contributed by atoms with van der Waals surface area (Å²) >= 11 is 0. The van der Waals surface area contributed by atoms with E-state index in [2.05, 4.69) is 0 Å². The van der Waals surface area contributed by atoms with Crippen molar-refractivity contribution in [2.45, 2.75) is 6.92 Å². The lowest BCUT2D eigenvalue weighted by molar-refractivity contribution is 0.0734. The Bertz CT molecular complexity index is 532. The Morgan fingerprint density at radius 1 is 1.12 bits per heavy atom. The van der Waals surface area contributed by atoms with Crippen molar-refractivity contribution in [2.24, 2.45) is 0 Å². The van der Waals surface area contributed by atoms with E-state index in [1.54, 1.807) is 12.1 Å². The maximum absolute atomic E-state index is 12.9. The number of hydrogen-bond donors (Lipinski definition) is 0. The maximum atomic E-state index is 12.9. The van der Waals surface area contributed by atoms with Crippen LogP contribution in [0, 0.1) is 12.7 Å². The van der Waals surface area contributed by atoms with Gasteiger partial charge in [-0.05, 0) is 31.2 Å². The molecule has 0 saturated heterocycles. The summed E-state index contributed by atoms with van der Waals surface area (Å²) in [6, 6.07) is 12.5. The van der Waals surface area contributed by atoms with Gasteiger partial charge in [0.05, 0.1) is 5.56 Å². The summed E-state index contributed by atoms with van der Waals surface area (Å²) in [5, 5.41) is 0. The average molecular weight is 230 g/mol.